The molecule has 0 amide bonds. The van der Waals surface area contributed by atoms with Crippen LogP contribution in [0.1, 0.15) is 20.3 Å². The van der Waals surface area contributed by atoms with E-state index in [4.69, 9.17) is 18.9 Å². The Bertz CT molecular complexity index is 450. The summed E-state index contributed by atoms with van der Waals surface area (Å²) in [6.45, 7) is 2.63. The number of aliphatic hydroxyl groups is 7. The normalized spacial score (nSPS) is 47.0. The van der Waals surface area contributed by atoms with E-state index in [2.05, 4.69) is 0 Å². The molecular formula is C16H30O11. The minimum atomic E-state index is -1.61. The Kier molecular flexibility index (Phi) is 8.34. The van der Waals surface area contributed by atoms with Crippen LogP contribution in [-0.4, -0.2) is 116 Å². The predicted octanol–water partition coefficient (Wildman–Crippen LogP) is -3.57. The minimum absolute atomic E-state index is 0.265. The summed E-state index contributed by atoms with van der Waals surface area (Å²) in [6.07, 6.45) is -13.7. The zero-order chi connectivity index (χ0) is 20.3. The highest BCUT2D eigenvalue weighted by Crippen LogP contribution is 2.26. The molecule has 0 aliphatic carbocycles. The molecule has 2 aliphatic rings. The van der Waals surface area contributed by atoms with Gasteiger partial charge in [0.15, 0.2) is 12.6 Å². The standard InChI is InChI=1S/C16H30O11/c1-3-6(2)25-16-14(23)12(21)10(19)8(27-16)5-24-15-13(22)11(20)9(18)7(4-17)26-15/h6-23H,3-5H2,1-2H3/t6-,7+,8+,9+,10+,11-,12-,13+,14+,15+,16+/m0/s1. The van der Waals surface area contributed by atoms with Gasteiger partial charge in [-0.25, -0.2) is 0 Å². The average molecular weight is 398 g/mol. The van der Waals surface area contributed by atoms with Gasteiger partial charge in [-0.15, -0.1) is 0 Å². The van der Waals surface area contributed by atoms with Crippen LogP contribution in [0.4, 0.5) is 0 Å². The first-order valence-electron chi connectivity index (χ1n) is 8.98. The molecule has 0 saturated carbocycles. The maximum absolute atomic E-state index is 10.1. The lowest BCUT2D eigenvalue weighted by molar-refractivity contribution is -0.335. The van der Waals surface area contributed by atoms with E-state index in [1.54, 1.807) is 6.92 Å². The van der Waals surface area contributed by atoms with Gasteiger partial charge in [0.25, 0.3) is 0 Å². The summed E-state index contributed by atoms with van der Waals surface area (Å²) >= 11 is 0. The summed E-state index contributed by atoms with van der Waals surface area (Å²) in [5.41, 5.74) is 0. The molecule has 160 valence electrons. The maximum Gasteiger partial charge on any atom is 0.186 e. The highest BCUT2D eigenvalue weighted by Gasteiger charge is 2.47. The van der Waals surface area contributed by atoms with E-state index in [1.165, 1.54) is 0 Å². The van der Waals surface area contributed by atoms with Crippen molar-refractivity contribution in [2.75, 3.05) is 13.2 Å². The minimum Gasteiger partial charge on any atom is -0.394 e. The monoisotopic (exact) mass is 398 g/mol. The van der Waals surface area contributed by atoms with E-state index in [1.807, 2.05) is 6.92 Å². The van der Waals surface area contributed by atoms with Crippen LogP contribution >= 0.6 is 0 Å². The van der Waals surface area contributed by atoms with Crippen LogP contribution in [-0.2, 0) is 18.9 Å². The van der Waals surface area contributed by atoms with Crippen LogP contribution < -0.4 is 0 Å². The van der Waals surface area contributed by atoms with E-state index >= 15 is 0 Å². The second-order valence-corrected chi connectivity index (χ2v) is 6.90. The van der Waals surface area contributed by atoms with Gasteiger partial charge in [0.1, 0.15) is 48.8 Å². The Hall–Kier alpha value is -0.440. The quantitative estimate of drug-likeness (QED) is 0.225. The molecule has 11 atom stereocenters. The molecule has 0 unspecified atom stereocenters. The van der Waals surface area contributed by atoms with Gasteiger partial charge in [0.05, 0.1) is 19.3 Å². The lowest BCUT2D eigenvalue weighted by atomic mass is 9.98. The Morgan fingerprint density at radius 1 is 0.778 bits per heavy atom. The van der Waals surface area contributed by atoms with Crippen LogP contribution in [0.2, 0.25) is 0 Å². The van der Waals surface area contributed by atoms with Crippen LogP contribution in [0.25, 0.3) is 0 Å². The van der Waals surface area contributed by atoms with Crippen LogP contribution in [0, 0.1) is 0 Å². The SMILES string of the molecule is CC[C@H](C)O[C@@H]1O[C@H](CO[C@@H]2O[C@H](CO)[C@@H](O)[C@H](O)[C@H]2O)[C@@H](O)[C@H](O)[C@H]1O. The first kappa shape index (κ1) is 22.8. The molecule has 0 spiro atoms. The fourth-order valence-corrected chi connectivity index (χ4v) is 2.89. The Morgan fingerprint density at radius 3 is 1.85 bits per heavy atom. The molecule has 11 nitrogen and oxygen atoms in total. The van der Waals surface area contributed by atoms with Gasteiger partial charge in [-0.05, 0) is 13.3 Å². The van der Waals surface area contributed by atoms with Crippen LogP contribution in [0.15, 0.2) is 0 Å². The van der Waals surface area contributed by atoms with E-state index in [0.29, 0.717) is 6.42 Å². The van der Waals surface area contributed by atoms with Crippen molar-refractivity contribution in [2.24, 2.45) is 0 Å². The van der Waals surface area contributed by atoms with Crippen molar-refractivity contribution >= 4 is 0 Å². The number of hydrogen-bond donors (Lipinski definition) is 7. The summed E-state index contributed by atoms with van der Waals surface area (Å²) < 4.78 is 21.5. The Morgan fingerprint density at radius 2 is 1.30 bits per heavy atom. The second-order valence-electron chi connectivity index (χ2n) is 6.90. The zero-order valence-electron chi connectivity index (χ0n) is 15.2. The summed E-state index contributed by atoms with van der Waals surface area (Å²) in [6, 6.07) is 0. The molecule has 0 radical (unpaired) electrons. The van der Waals surface area contributed by atoms with Crippen molar-refractivity contribution in [1.29, 1.82) is 0 Å². The molecule has 2 saturated heterocycles. The lowest BCUT2D eigenvalue weighted by Gasteiger charge is -2.43. The van der Waals surface area contributed by atoms with Gasteiger partial charge < -0.3 is 54.7 Å². The molecule has 7 N–H and O–H groups in total. The highest BCUT2D eigenvalue weighted by molar-refractivity contribution is 4.91. The summed E-state index contributed by atoms with van der Waals surface area (Å²) in [7, 11) is 0. The van der Waals surface area contributed by atoms with Crippen molar-refractivity contribution in [3.8, 4) is 0 Å². The van der Waals surface area contributed by atoms with Crippen LogP contribution in [0.5, 0.6) is 0 Å². The molecule has 0 bridgehead atoms. The van der Waals surface area contributed by atoms with E-state index < -0.39 is 68.0 Å². The summed E-state index contributed by atoms with van der Waals surface area (Å²) in [4.78, 5) is 0. The van der Waals surface area contributed by atoms with Gasteiger partial charge in [-0.3, -0.25) is 0 Å². The topological polar surface area (TPSA) is 179 Å². The van der Waals surface area contributed by atoms with Gasteiger partial charge >= 0.3 is 0 Å². The molecule has 0 aromatic heterocycles. The molecule has 27 heavy (non-hydrogen) atoms. The maximum atomic E-state index is 10.1. The number of ether oxygens (including phenoxy) is 4. The molecule has 11 heteroatoms. The van der Waals surface area contributed by atoms with E-state index in [-0.39, 0.29) is 12.7 Å². The van der Waals surface area contributed by atoms with Crippen molar-refractivity contribution < 1.29 is 54.7 Å². The smallest absolute Gasteiger partial charge is 0.186 e. The molecule has 2 fully saturated rings. The van der Waals surface area contributed by atoms with Crippen molar-refractivity contribution in [2.45, 2.75) is 87.8 Å². The fraction of sp³-hybridized carbons (Fsp3) is 1.00. The molecule has 0 aromatic carbocycles. The van der Waals surface area contributed by atoms with Crippen molar-refractivity contribution in [1.82, 2.24) is 0 Å². The van der Waals surface area contributed by atoms with Crippen molar-refractivity contribution in [3.05, 3.63) is 0 Å². The largest absolute Gasteiger partial charge is 0.394 e. The predicted molar refractivity (Wildman–Crippen MR) is 87.2 cm³/mol. The van der Waals surface area contributed by atoms with Gasteiger partial charge in [-0.1, -0.05) is 6.92 Å². The molecule has 2 aliphatic heterocycles. The first-order chi connectivity index (χ1) is 12.7. The van der Waals surface area contributed by atoms with Gasteiger partial charge in [0, 0.05) is 0 Å². The highest BCUT2D eigenvalue weighted by atomic mass is 16.7. The third-order valence-electron chi connectivity index (χ3n) is 4.88. The molecule has 2 heterocycles. The lowest BCUT2D eigenvalue weighted by Crippen LogP contribution is -2.62. The number of rotatable bonds is 7. The van der Waals surface area contributed by atoms with E-state index in [9.17, 15) is 35.7 Å². The Balaban J connectivity index is 1.98. The fourth-order valence-electron chi connectivity index (χ4n) is 2.89. The third-order valence-corrected chi connectivity index (χ3v) is 4.88. The van der Waals surface area contributed by atoms with Crippen molar-refractivity contribution in [3.63, 3.8) is 0 Å². The number of aliphatic hydroxyl groups excluding tert-OH is 7. The Labute approximate surface area is 156 Å². The van der Waals surface area contributed by atoms with Crippen LogP contribution in [0.3, 0.4) is 0 Å². The number of hydrogen-bond acceptors (Lipinski definition) is 11. The zero-order valence-corrected chi connectivity index (χ0v) is 15.2. The summed E-state index contributed by atoms with van der Waals surface area (Å²) in [5, 5.41) is 68.8. The second kappa shape index (κ2) is 9.85. The molecular weight excluding hydrogens is 368 g/mol. The molecule has 0 aromatic rings. The molecule has 2 rings (SSSR count). The third kappa shape index (κ3) is 5.14. The van der Waals surface area contributed by atoms with E-state index in [0.717, 1.165) is 0 Å². The average Bonchev–Trinajstić information content (AvgIpc) is 2.66. The first-order valence-corrected chi connectivity index (χ1v) is 8.98. The summed E-state index contributed by atoms with van der Waals surface area (Å²) in [5.74, 6) is 0. The van der Waals surface area contributed by atoms with Gasteiger partial charge in [-0.2, -0.15) is 0 Å². The van der Waals surface area contributed by atoms with Gasteiger partial charge in [0.2, 0.25) is 0 Å².